The molecule has 3 aromatic rings. The molecule has 0 saturated carbocycles. The average Bonchev–Trinajstić information content (AvgIpc) is 2.89. The summed E-state index contributed by atoms with van der Waals surface area (Å²) in [7, 11) is 0. The average molecular weight is 507 g/mol. The summed E-state index contributed by atoms with van der Waals surface area (Å²) in [6.45, 7) is 5.85. The first kappa shape index (κ1) is 22.8. The van der Waals surface area contributed by atoms with Crippen LogP contribution in [0.25, 0.3) is 0 Å². The smallest absolute Gasteiger partial charge is 0.121 e. The number of quaternary nitrogens is 1. The topological polar surface area (TPSA) is 29.5 Å². The van der Waals surface area contributed by atoms with Crippen molar-refractivity contribution in [2.24, 2.45) is 5.41 Å². The van der Waals surface area contributed by atoms with Gasteiger partial charge in [-0.3, -0.25) is 0 Å². The lowest BCUT2D eigenvalue weighted by molar-refractivity contribution is -0.946. The van der Waals surface area contributed by atoms with Gasteiger partial charge in [-0.25, -0.2) is 0 Å². The van der Waals surface area contributed by atoms with Crippen LogP contribution in [0, 0.1) is 5.41 Å². The van der Waals surface area contributed by atoms with Gasteiger partial charge in [0.2, 0.25) is 0 Å². The van der Waals surface area contributed by atoms with Gasteiger partial charge in [-0.2, -0.15) is 0 Å². The largest absolute Gasteiger partial charge is 0.380 e. The molecule has 3 heterocycles. The molecule has 0 radical (unpaired) electrons. The van der Waals surface area contributed by atoms with Crippen molar-refractivity contribution in [3.05, 3.63) is 106 Å². The van der Waals surface area contributed by atoms with Crippen LogP contribution < -0.4 is 0 Å². The van der Waals surface area contributed by atoms with Gasteiger partial charge in [0.25, 0.3) is 0 Å². The molecule has 3 fully saturated rings. The van der Waals surface area contributed by atoms with Crippen LogP contribution in [0.4, 0.5) is 0 Å². The van der Waals surface area contributed by atoms with Crippen LogP contribution in [-0.2, 0) is 16.9 Å². The van der Waals surface area contributed by atoms with Crippen molar-refractivity contribution < 1.29 is 14.3 Å². The standard InChI is InChI=1S/C29H33BrNO2/c30-27-13-11-24(12-14-27)23-33-22-21-31-18-15-28(16-19-31,17-20-31)29(32,25-7-3-1-4-8-25)26-9-5-2-6-10-26/h1-14,32H,15-23H2/q+1. The lowest BCUT2D eigenvalue weighted by Gasteiger charge is -2.60. The van der Waals surface area contributed by atoms with Crippen molar-refractivity contribution in [3.8, 4) is 0 Å². The number of hydrogen-bond donors (Lipinski definition) is 1. The van der Waals surface area contributed by atoms with Gasteiger partial charge in [0.05, 0.1) is 32.8 Å². The first-order valence-electron chi connectivity index (χ1n) is 12.1. The van der Waals surface area contributed by atoms with E-state index in [1.165, 1.54) is 5.56 Å². The monoisotopic (exact) mass is 506 g/mol. The molecule has 0 atom stereocenters. The Labute approximate surface area is 205 Å². The number of benzene rings is 3. The number of piperidine rings is 3. The highest BCUT2D eigenvalue weighted by Gasteiger charge is 2.60. The summed E-state index contributed by atoms with van der Waals surface area (Å²) >= 11 is 3.49. The SMILES string of the molecule is OC(c1ccccc1)(c1ccccc1)C12CC[N+](CCOCc3ccc(Br)cc3)(CC1)CC2. The Kier molecular flexibility index (Phi) is 6.45. The van der Waals surface area contributed by atoms with E-state index in [4.69, 9.17) is 4.74 Å². The lowest BCUT2D eigenvalue weighted by atomic mass is 9.56. The molecule has 0 aliphatic carbocycles. The van der Waals surface area contributed by atoms with Gasteiger partial charge >= 0.3 is 0 Å². The number of halogens is 1. The van der Waals surface area contributed by atoms with Gasteiger partial charge in [0.1, 0.15) is 12.1 Å². The van der Waals surface area contributed by atoms with Gasteiger partial charge in [-0.1, -0.05) is 88.7 Å². The molecule has 3 aliphatic heterocycles. The second-order valence-corrected chi connectivity index (χ2v) is 10.8. The van der Waals surface area contributed by atoms with E-state index < -0.39 is 5.60 Å². The Morgan fingerprint density at radius 2 is 1.30 bits per heavy atom. The number of fused-ring (bicyclic) bond motifs is 3. The zero-order chi connectivity index (χ0) is 22.8. The van der Waals surface area contributed by atoms with E-state index in [2.05, 4.69) is 88.7 Å². The van der Waals surface area contributed by atoms with Crippen LogP contribution in [-0.4, -0.2) is 42.4 Å². The molecule has 3 aliphatic rings. The Hall–Kier alpha value is -1.98. The second kappa shape index (κ2) is 9.34. The molecule has 0 spiro atoms. The first-order chi connectivity index (χ1) is 16.1. The molecule has 3 aromatic carbocycles. The summed E-state index contributed by atoms with van der Waals surface area (Å²) in [5.74, 6) is 0. The summed E-state index contributed by atoms with van der Waals surface area (Å²) in [6.07, 6.45) is 3.13. The molecule has 1 N–H and O–H groups in total. The van der Waals surface area contributed by atoms with Gasteiger partial charge in [-0.05, 0) is 28.8 Å². The quantitative estimate of drug-likeness (QED) is 0.304. The normalized spacial score (nSPS) is 24.7. The minimum atomic E-state index is -0.954. The van der Waals surface area contributed by atoms with Crippen LogP contribution in [0.1, 0.15) is 36.0 Å². The Bertz CT molecular complexity index is 988. The van der Waals surface area contributed by atoms with Gasteiger partial charge in [-0.15, -0.1) is 0 Å². The molecule has 3 saturated heterocycles. The summed E-state index contributed by atoms with van der Waals surface area (Å²) in [4.78, 5) is 0. The molecular formula is C29H33BrNO2+. The molecule has 0 unspecified atom stereocenters. The Morgan fingerprint density at radius 3 is 1.82 bits per heavy atom. The third-order valence-electron chi connectivity index (χ3n) is 8.24. The van der Waals surface area contributed by atoms with Crippen LogP contribution in [0.5, 0.6) is 0 Å². The molecule has 3 nitrogen and oxygen atoms in total. The van der Waals surface area contributed by atoms with Crippen LogP contribution in [0.3, 0.4) is 0 Å². The predicted molar refractivity (Wildman–Crippen MR) is 136 cm³/mol. The third kappa shape index (κ3) is 4.30. The first-order valence-corrected chi connectivity index (χ1v) is 12.9. The fourth-order valence-electron chi connectivity index (χ4n) is 6.11. The third-order valence-corrected chi connectivity index (χ3v) is 8.77. The van der Waals surface area contributed by atoms with Crippen molar-refractivity contribution >= 4 is 15.9 Å². The zero-order valence-electron chi connectivity index (χ0n) is 19.1. The molecular weight excluding hydrogens is 474 g/mol. The fourth-order valence-corrected chi connectivity index (χ4v) is 6.37. The highest BCUT2D eigenvalue weighted by molar-refractivity contribution is 9.10. The lowest BCUT2D eigenvalue weighted by Crippen LogP contribution is -2.67. The maximum absolute atomic E-state index is 12.5. The van der Waals surface area contributed by atoms with Crippen molar-refractivity contribution in [1.29, 1.82) is 0 Å². The van der Waals surface area contributed by atoms with Gasteiger partial charge < -0.3 is 14.3 Å². The van der Waals surface area contributed by atoms with Crippen molar-refractivity contribution in [2.75, 3.05) is 32.8 Å². The van der Waals surface area contributed by atoms with Crippen molar-refractivity contribution in [1.82, 2.24) is 0 Å². The van der Waals surface area contributed by atoms with Crippen molar-refractivity contribution in [3.63, 3.8) is 0 Å². The summed E-state index contributed by atoms with van der Waals surface area (Å²) < 4.78 is 8.28. The number of hydrogen-bond acceptors (Lipinski definition) is 2. The minimum Gasteiger partial charge on any atom is -0.380 e. The molecule has 4 heteroatoms. The molecule has 6 rings (SSSR count). The van der Waals surface area contributed by atoms with Crippen LogP contribution >= 0.6 is 15.9 Å². The van der Waals surface area contributed by atoms with E-state index in [1.54, 1.807) is 0 Å². The summed E-state index contributed by atoms with van der Waals surface area (Å²) in [5, 5.41) is 12.5. The number of ether oxygens (including phenoxy) is 1. The Balaban J connectivity index is 1.28. The number of rotatable bonds is 8. The van der Waals surface area contributed by atoms with Gasteiger partial charge in [0.15, 0.2) is 0 Å². The van der Waals surface area contributed by atoms with Crippen LogP contribution in [0.2, 0.25) is 0 Å². The van der Waals surface area contributed by atoms with Crippen molar-refractivity contribution in [2.45, 2.75) is 31.5 Å². The summed E-state index contributed by atoms with van der Waals surface area (Å²) in [6, 6.07) is 29.0. The molecule has 0 aromatic heterocycles. The maximum Gasteiger partial charge on any atom is 0.121 e. The van der Waals surface area contributed by atoms with Crippen LogP contribution in [0.15, 0.2) is 89.4 Å². The maximum atomic E-state index is 12.5. The highest BCUT2D eigenvalue weighted by Crippen LogP contribution is 2.57. The highest BCUT2D eigenvalue weighted by atomic mass is 79.9. The number of aliphatic hydroxyl groups is 1. The molecule has 172 valence electrons. The second-order valence-electron chi connectivity index (χ2n) is 9.89. The van der Waals surface area contributed by atoms with Gasteiger partial charge in [0, 0.05) is 29.2 Å². The molecule has 33 heavy (non-hydrogen) atoms. The van der Waals surface area contributed by atoms with E-state index in [0.717, 1.165) is 72.1 Å². The van der Waals surface area contributed by atoms with E-state index in [0.29, 0.717) is 6.61 Å². The zero-order valence-corrected chi connectivity index (χ0v) is 20.7. The Morgan fingerprint density at radius 1 is 0.788 bits per heavy atom. The van der Waals surface area contributed by atoms with E-state index >= 15 is 0 Å². The van der Waals surface area contributed by atoms with E-state index in [9.17, 15) is 5.11 Å². The van der Waals surface area contributed by atoms with E-state index in [1.807, 2.05) is 12.1 Å². The predicted octanol–water partition coefficient (Wildman–Crippen LogP) is 5.90. The molecule has 2 bridgehead atoms. The summed E-state index contributed by atoms with van der Waals surface area (Å²) in [5.41, 5.74) is 2.19. The minimum absolute atomic E-state index is 0.117. The number of nitrogens with zero attached hydrogens (tertiary/aromatic N) is 1. The fraction of sp³-hybridized carbons (Fsp3) is 0.379. The van der Waals surface area contributed by atoms with E-state index in [-0.39, 0.29) is 5.41 Å². The molecule has 0 amide bonds.